The van der Waals surface area contributed by atoms with E-state index < -0.39 is 60.2 Å². The van der Waals surface area contributed by atoms with Gasteiger partial charge >= 0.3 is 11.9 Å². The fourth-order valence-electron chi connectivity index (χ4n) is 3.18. The number of hydrogen-bond acceptors (Lipinski definition) is 9. The first-order valence-electron chi connectivity index (χ1n) is 11.0. The number of carbonyl (C=O) groups excluding carboxylic acids is 3. The zero-order valence-corrected chi connectivity index (χ0v) is 20.4. The minimum absolute atomic E-state index is 0.0175. The molecule has 0 spiro atoms. The zero-order valence-electron chi connectivity index (χ0n) is 19.5. The molecule has 200 valence electrons. The average Bonchev–Trinajstić information content (AvgIpc) is 3.36. The van der Waals surface area contributed by atoms with E-state index in [0.29, 0.717) is 11.3 Å². The Morgan fingerprint density at radius 1 is 0.919 bits per heavy atom. The molecule has 1 aromatic heterocycles. The minimum atomic E-state index is -1.66. The summed E-state index contributed by atoms with van der Waals surface area (Å²) in [6.45, 7) is 0. The number of carboxylic acid groups (broad SMARTS) is 2. The number of nitrogens with zero attached hydrogens (tertiary/aromatic N) is 1. The predicted molar refractivity (Wildman–Crippen MR) is 132 cm³/mol. The minimum Gasteiger partial charge on any atom is -0.508 e. The van der Waals surface area contributed by atoms with Gasteiger partial charge in [-0.1, -0.05) is 12.1 Å². The van der Waals surface area contributed by atoms with E-state index in [2.05, 4.69) is 38.5 Å². The highest BCUT2D eigenvalue weighted by molar-refractivity contribution is 7.80. The second-order valence-corrected chi connectivity index (χ2v) is 8.43. The summed E-state index contributed by atoms with van der Waals surface area (Å²) in [7, 11) is 0. The van der Waals surface area contributed by atoms with Crippen molar-refractivity contribution in [2.45, 2.75) is 43.4 Å². The number of aromatic amines is 1. The topological polar surface area (TPSA) is 237 Å². The summed E-state index contributed by atoms with van der Waals surface area (Å²) in [6, 6.07) is 0.329. The third kappa shape index (κ3) is 9.46. The first kappa shape index (κ1) is 29.1. The Kier molecular flexibility index (Phi) is 10.9. The molecule has 0 saturated carbocycles. The Hall–Kier alpha value is -4.11. The molecule has 2 aromatic rings. The van der Waals surface area contributed by atoms with E-state index in [0.717, 1.165) is 0 Å². The van der Waals surface area contributed by atoms with Crippen LogP contribution in [0.25, 0.3) is 0 Å². The Morgan fingerprint density at radius 2 is 1.51 bits per heavy atom. The molecule has 0 aliphatic carbocycles. The fourth-order valence-corrected chi connectivity index (χ4v) is 3.35. The molecular weight excluding hydrogens is 508 g/mol. The van der Waals surface area contributed by atoms with Crippen LogP contribution in [-0.2, 0) is 36.8 Å². The SMILES string of the molecule is NC(CS)C(=O)NC(Cc1ccc(O)cc1)C(=O)NC(CC(=O)O)C(=O)NC(Cc1cnc[nH]1)C(=O)O. The van der Waals surface area contributed by atoms with E-state index in [9.17, 15) is 39.3 Å². The van der Waals surface area contributed by atoms with Crippen LogP contribution in [0, 0.1) is 0 Å². The standard InChI is InChI=1S/C22H28N6O8S/c23-14(9-37)19(32)26-15(5-11-1-3-13(29)4-2-11)20(33)27-16(7-18(30)31)21(34)28-17(22(35)36)6-12-8-24-10-25-12/h1-4,8,10,14-17,29,37H,5-7,9,23H2,(H,24,25)(H,26,32)(H,27,33)(H,28,34)(H,30,31)(H,35,36). The number of phenolic OH excluding ortho intramolecular Hbond substituents is 1. The van der Waals surface area contributed by atoms with Crippen LogP contribution in [-0.4, -0.2) is 84.9 Å². The van der Waals surface area contributed by atoms with Crippen LogP contribution in [0.5, 0.6) is 5.75 Å². The van der Waals surface area contributed by atoms with Crippen LogP contribution in [0.1, 0.15) is 17.7 Å². The molecule has 0 radical (unpaired) electrons. The predicted octanol–water partition coefficient (Wildman–Crippen LogP) is -1.83. The van der Waals surface area contributed by atoms with Crippen LogP contribution in [0.4, 0.5) is 0 Å². The number of aliphatic carboxylic acids is 2. The summed E-state index contributed by atoms with van der Waals surface area (Å²) in [5.74, 6) is -5.53. The van der Waals surface area contributed by atoms with Gasteiger partial charge in [-0.25, -0.2) is 9.78 Å². The van der Waals surface area contributed by atoms with E-state index in [1.54, 1.807) is 0 Å². The molecule has 0 aliphatic rings. The third-order valence-corrected chi connectivity index (χ3v) is 5.54. The summed E-state index contributed by atoms with van der Waals surface area (Å²) in [4.78, 5) is 67.8. The van der Waals surface area contributed by atoms with Crippen molar-refractivity contribution in [1.82, 2.24) is 25.9 Å². The van der Waals surface area contributed by atoms with E-state index in [-0.39, 0.29) is 24.3 Å². The van der Waals surface area contributed by atoms with Crippen molar-refractivity contribution >= 4 is 42.3 Å². The van der Waals surface area contributed by atoms with Gasteiger partial charge in [-0.05, 0) is 17.7 Å². The van der Waals surface area contributed by atoms with E-state index in [1.165, 1.54) is 36.8 Å². The first-order valence-corrected chi connectivity index (χ1v) is 11.6. The highest BCUT2D eigenvalue weighted by Crippen LogP contribution is 2.12. The molecule has 9 N–H and O–H groups in total. The van der Waals surface area contributed by atoms with Crippen molar-refractivity contribution in [3.63, 3.8) is 0 Å². The molecule has 14 nitrogen and oxygen atoms in total. The molecule has 15 heteroatoms. The number of H-pyrrole nitrogens is 1. The average molecular weight is 537 g/mol. The number of hydrogen-bond donors (Lipinski definition) is 9. The van der Waals surface area contributed by atoms with E-state index in [1.807, 2.05) is 0 Å². The molecule has 37 heavy (non-hydrogen) atoms. The summed E-state index contributed by atoms with van der Waals surface area (Å²) in [6.07, 6.45) is 1.58. The lowest BCUT2D eigenvalue weighted by Crippen LogP contribution is -2.58. The van der Waals surface area contributed by atoms with Crippen LogP contribution in [0.2, 0.25) is 0 Å². The number of rotatable bonds is 14. The molecule has 2 rings (SSSR count). The highest BCUT2D eigenvalue weighted by atomic mass is 32.1. The van der Waals surface area contributed by atoms with Crippen molar-refractivity contribution in [3.8, 4) is 5.75 Å². The number of nitrogens with one attached hydrogen (secondary N) is 4. The molecule has 4 atom stereocenters. The number of amides is 3. The normalized spacial score (nSPS) is 14.0. The second kappa shape index (κ2) is 13.8. The van der Waals surface area contributed by atoms with Crippen LogP contribution in [0.3, 0.4) is 0 Å². The third-order valence-electron chi connectivity index (χ3n) is 5.15. The number of imidazole rings is 1. The number of benzene rings is 1. The Bertz CT molecular complexity index is 1100. The number of aromatic nitrogens is 2. The van der Waals surface area contributed by atoms with Gasteiger partial charge in [0.2, 0.25) is 17.7 Å². The fraction of sp³-hybridized carbons (Fsp3) is 0.364. The van der Waals surface area contributed by atoms with E-state index >= 15 is 0 Å². The Morgan fingerprint density at radius 3 is 2.05 bits per heavy atom. The lowest BCUT2D eigenvalue weighted by Gasteiger charge is -2.24. The molecule has 1 heterocycles. The molecule has 1 aromatic carbocycles. The summed E-state index contributed by atoms with van der Waals surface area (Å²) in [5.41, 5.74) is 6.61. The molecule has 3 amide bonds. The molecule has 0 saturated heterocycles. The first-order chi connectivity index (χ1) is 17.5. The maximum atomic E-state index is 13.1. The Balaban J connectivity index is 2.21. The van der Waals surface area contributed by atoms with Gasteiger partial charge in [0, 0.05) is 30.5 Å². The maximum absolute atomic E-state index is 13.1. The van der Waals surface area contributed by atoms with Crippen LogP contribution < -0.4 is 21.7 Å². The maximum Gasteiger partial charge on any atom is 0.326 e. The van der Waals surface area contributed by atoms with Gasteiger partial charge in [-0.2, -0.15) is 12.6 Å². The molecule has 0 fully saturated rings. The summed E-state index contributed by atoms with van der Waals surface area (Å²) >= 11 is 3.95. The number of phenols is 1. The van der Waals surface area contributed by atoms with Gasteiger partial charge in [0.25, 0.3) is 0 Å². The molecular formula is C22H28N6O8S. The molecule has 0 aliphatic heterocycles. The van der Waals surface area contributed by atoms with Crippen molar-refractivity contribution in [2.24, 2.45) is 5.73 Å². The van der Waals surface area contributed by atoms with Crippen molar-refractivity contribution < 1.29 is 39.3 Å². The lowest BCUT2D eigenvalue weighted by atomic mass is 10.0. The Labute approximate surface area is 216 Å². The largest absolute Gasteiger partial charge is 0.508 e. The quantitative estimate of drug-likeness (QED) is 0.122. The monoisotopic (exact) mass is 536 g/mol. The summed E-state index contributed by atoms with van der Waals surface area (Å²) in [5, 5.41) is 35.2. The number of nitrogens with two attached hydrogens (primary N) is 1. The van der Waals surface area contributed by atoms with Crippen LogP contribution >= 0.6 is 12.6 Å². The number of aromatic hydroxyl groups is 1. The van der Waals surface area contributed by atoms with Gasteiger partial charge in [0.05, 0.1) is 18.8 Å². The molecule has 4 unspecified atom stereocenters. The van der Waals surface area contributed by atoms with E-state index in [4.69, 9.17) is 5.73 Å². The van der Waals surface area contributed by atoms with Gasteiger partial charge in [-0.15, -0.1) is 0 Å². The van der Waals surface area contributed by atoms with Crippen LogP contribution in [0.15, 0.2) is 36.8 Å². The molecule has 0 bridgehead atoms. The highest BCUT2D eigenvalue weighted by Gasteiger charge is 2.32. The zero-order chi connectivity index (χ0) is 27.5. The van der Waals surface area contributed by atoms with Gasteiger partial charge in [0.15, 0.2) is 0 Å². The van der Waals surface area contributed by atoms with Crippen molar-refractivity contribution in [3.05, 3.63) is 48.0 Å². The number of thiol groups is 1. The van der Waals surface area contributed by atoms with Crippen molar-refractivity contribution in [1.29, 1.82) is 0 Å². The lowest BCUT2D eigenvalue weighted by molar-refractivity contribution is -0.143. The number of carboxylic acids is 2. The second-order valence-electron chi connectivity index (χ2n) is 8.06. The smallest absolute Gasteiger partial charge is 0.326 e. The van der Waals surface area contributed by atoms with Gasteiger partial charge in [0.1, 0.15) is 23.9 Å². The van der Waals surface area contributed by atoms with Gasteiger partial charge in [-0.3, -0.25) is 19.2 Å². The summed E-state index contributed by atoms with van der Waals surface area (Å²) < 4.78 is 0. The van der Waals surface area contributed by atoms with Crippen molar-refractivity contribution in [2.75, 3.05) is 5.75 Å². The van der Waals surface area contributed by atoms with Gasteiger partial charge < -0.3 is 42.0 Å². The number of carbonyl (C=O) groups is 5.